The highest BCUT2D eigenvalue weighted by Crippen LogP contribution is 2.17. The maximum absolute atomic E-state index is 12.6. The predicted molar refractivity (Wildman–Crippen MR) is 112 cm³/mol. The number of nitrogens with zero attached hydrogens (tertiary/aromatic N) is 1. The number of nitrogens with one attached hydrogen (secondary N) is 1. The molecule has 0 aliphatic rings. The third-order valence-corrected chi connectivity index (χ3v) is 4.79. The lowest BCUT2D eigenvalue weighted by atomic mass is 10.0. The first-order valence-electron chi connectivity index (χ1n) is 9.69. The van der Waals surface area contributed by atoms with Crippen molar-refractivity contribution in [3.05, 3.63) is 64.7 Å². The maximum Gasteiger partial charge on any atom is 0.266 e. The van der Waals surface area contributed by atoms with Crippen LogP contribution < -0.4 is 10.2 Å². The fourth-order valence-electron chi connectivity index (χ4n) is 3.47. The number of aryl methyl sites for hydroxylation is 2. The van der Waals surface area contributed by atoms with Crippen LogP contribution in [0.2, 0.25) is 0 Å². The summed E-state index contributed by atoms with van der Waals surface area (Å²) in [6, 6.07) is 13.0. The maximum atomic E-state index is 12.6. The average molecular weight is 399 g/mol. The lowest BCUT2D eigenvalue weighted by Crippen LogP contribution is -2.50. The third-order valence-electron chi connectivity index (χ3n) is 4.79. The van der Waals surface area contributed by atoms with Crippen LogP contribution in [0, 0.1) is 19.8 Å². The average Bonchev–Trinajstić information content (AvgIpc) is 2.66. The molecular formula is C23H30N2O4. The Morgan fingerprint density at radius 1 is 1.03 bits per heavy atom. The van der Waals surface area contributed by atoms with Gasteiger partial charge in [-0.05, 0) is 43.0 Å². The first-order chi connectivity index (χ1) is 13.7. The minimum absolute atomic E-state index is 0.128. The van der Waals surface area contributed by atoms with E-state index in [4.69, 9.17) is 9.94 Å². The first-order valence-corrected chi connectivity index (χ1v) is 9.69. The van der Waals surface area contributed by atoms with Crippen LogP contribution in [0.5, 0.6) is 5.75 Å². The van der Waals surface area contributed by atoms with Gasteiger partial charge in [0, 0.05) is 7.05 Å². The Morgan fingerprint density at radius 2 is 1.62 bits per heavy atom. The minimum atomic E-state index is -0.729. The molecular weight excluding hydrogens is 368 g/mol. The Morgan fingerprint density at radius 3 is 2.14 bits per heavy atom. The van der Waals surface area contributed by atoms with Crippen molar-refractivity contribution in [1.82, 2.24) is 10.4 Å². The van der Waals surface area contributed by atoms with Crippen molar-refractivity contribution >= 4 is 11.8 Å². The van der Waals surface area contributed by atoms with Gasteiger partial charge in [0.25, 0.3) is 5.91 Å². The number of carbonyl (C=O) groups is 2. The van der Waals surface area contributed by atoms with E-state index in [0.717, 1.165) is 16.9 Å². The van der Waals surface area contributed by atoms with E-state index in [2.05, 4.69) is 32.0 Å². The Bertz CT molecular complexity index is 826. The second kappa shape index (κ2) is 10.1. The number of hydroxylamine groups is 1. The van der Waals surface area contributed by atoms with E-state index in [1.54, 1.807) is 12.5 Å². The van der Waals surface area contributed by atoms with Gasteiger partial charge in [0.1, 0.15) is 18.4 Å². The number of ether oxygens (including phenoxy) is 1. The summed E-state index contributed by atoms with van der Waals surface area (Å²) in [6.07, 6.45) is 0.162. The number of likely N-dealkylation sites (N-methyl/N-ethyl adjacent to an activating group) is 1. The summed E-state index contributed by atoms with van der Waals surface area (Å²) < 4.78 is 5.85. The summed E-state index contributed by atoms with van der Waals surface area (Å²) in [4.78, 5) is 25.8. The topological polar surface area (TPSA) is 78.9 Å². The summed E-state index contributed by atoms with van der Waals surface area (Å²) in [5.74, 6) is -0.187. The number of benzene rings is 2. The van der Waals surface area contributed by atoms with Gasteiger partial charge in [-0.1, -0.05) is 55.3 Å². The minimum Gasteiger partial charge on any atom is -0.489 e. The molecule has 0 heterocycles. The molecule has 0 saturated carbocycles. The number of hydrogen-bond acceptors (Lipinski definition) is 4. The Kier molecular flexibility index (Phi) is 7.79. The summed E-state index contributed by atoms with van der Waals surface area (Å²) in [7, 11) is 1.57. The molecule has 1 unspecified atom stereocenters. The molecule has 156 valence electrons. The monoisotopic (exact) mass is 398 g/mol. The lowest BCUT2D eigenvalue weighted by Gasteiger charge is -2.29. The molecule has 0 saturated heterocycles. The molecule has 0 aliphatic carbocycles. The first kappa shape index (κ1) is 22.4. The highest BCUT2D eigenvalue weighted by Gasteiger charge is 2.29. The van der Waals surface area contributed by atoms with Crippen LogP contribution >= 0.6 is 0 Å². The third kappa shape index (κ3) is 6.32. The number of carbonyl (C=O) groups excluding carboxylic acids is 2. The number of amides is 2. The molecule has 0 fully saturated rings. The second-order valence-electron chi connectivity index (χ2n) is 7.77. The normalized spacial score (nSPS) is 11.8. The van der Waals surface area contributed by atoms with E-state index in [1.165, 1.54) is 16.0 Å². The van der Waals surface area contributed by atoms with Crippen LogP contribution in [-0.4, -0.2) is 35.0 Å². The molecule has 0 aromatic heterocycles. The standard InChI is InChI=1S/C23H30N2O4/c1-15(2)22(23(27)24-28)25(5)21(26)13-18-6-8-20(9-7-18)29-14-19-11-16(3)10-17(4)12-19/h6-12,15,22,28H,13-14H2,1-5H3,(H,24,27). The largest absolute Gasteiger partial charge is 0.489 e. The van der Waals surface area contributed by atoms with Crippen molar-refractivity contribution in [3.8, 4) is 5.75 Å². The van der Waals surface area contributed by atoms with Gasteiger partial charge in [0.15, 0.2) is 0 Å². The molecule has 6 nitrogen and oxygen atoms in total. The summed E-state index contributed by atoms with van der Waals surface area (Å²) in [6.45, 7) is 8.26. The fraction of sp³-hybridized carbons (Fsp3) is 0.391. The zero-order valence-corrected chi connectivity index (χ0v) is 17.7. The van der Waals surface area contributed by atoms with Crippen LogP contribution in [0.4, 0.5) is 0 Å². The molecule has 0 spiro atoms. The molecule has 0 aliphatic heterocycles. The van der Waals surface area contributed by atoms with Gasteiger partial charge < -0.3 is 9.64 Å². The van der Waals surface area contributed by atoms with E-state index >= 15 is 0 Å². The van der Waals surface area contributed by atoms with E-state index in [1.807, 2.05) is 38.1 Å². The van der Waals surface area contributed by atoms with Crippen LogP contribution in [0.3, 0.4) is 0 Å². The molecule has 2 amide bonds. The molecule has 2 rings (SSSR count). The van der Waals surface area contributed by atoms with Crippen molar-refractivity contribution in [2.24, 2.45) is 5.92 Å². The SMILES string of the molecule is Cc1cc(C)cc(COc2ccc(CC(=O)N(C)C(C(=O)NO)C(C)C)cc2)c1. The summed E-state index contributed by atoms with van der Waals surface area (Å²) in [5, 5.41) is 8.92. The molecule has 2 aromatic carbocycles. The number of rotatable bonds is 8. The van der Waals surface area contributed by atoms with Crippen LogP contribution in [-0.2, 0) is 22.6 Å². The quantitative estimate of drug-likeness (QED) is 0.528. The van der Waals surface area contributed by atoms with Crippen LogP contribution in [0.15, 0.2) is 42.5 Å². The van der Waals surface area contributed by atoms with Gasteiger partial charge in [0.05, 0.1) is 6.42 Å². The Balaban J connectivity index is 1.97. The van der Waals surface area contributed by atoms with Crippen molar-refractivity contribution in [2.75, 3.05) is 7.05 Å². The van der Waals surface area contributed by atoms with Gasteiger partial charge in [-0.3, -0.25) is 14.8 Å². The molecule has 2 N–H and O–H groups in total. The van der Waals surface area contributed by atoms with E-state index in [0.29, 0.717) is 6.61 Å². The Labute approximate surface area is 172 Å². The van der Waals surface area contributed by atoms with E-state index in [9.17, 15) is 9.59 Å². The molecule has 29 heavy (non-hydrogen) atoms. The van der Waals surface area contributed by atoms with Gasteiger partial charge in [-0.2, -0.15) is 0 Å². The van der Waals surface area contributed by atoms with Crippen LogP contribution in [0.25, 0.3) is 0 Å². The zero-order valence-electron chi connectivity index (χ0n) is 17.7. The van der Waals surface area contributed by atoms with Crippen molar-refractivity contribution in [3.63, 3.8) is 0 Å². The summed E-state index contributed by atoms with van der Waals surface area (Å²) in [5.41, 5.74) is 5.99. The van der Waals surface area contributed by atoms with Crippen LogP contribution in [0.1, 0.15) is 36.1 Å². The number of hydrogen-bond donors (Lipinski definition) is 2. The fourth-order valence-corrected chi connectivity index (χ4v) is 3.47. The molecule has 0 radical (unpaired) electrons. The second-order valence-corrected chi connectivity index (χ2v) is 7.77. The van der Waals surface area contributed by atoms with E-state index in [-0.39, 0.29) is 18.2 Å². The van der Waals surface area contributed by atoms with Gasteiger partial charge in [0.2, 0.25) is 5.91 Å². The predicted octanol–water partition coefficient (Wildman–Crippen LogP) is 3.41. The molecule has 1 atom stereocenters. The zero-order chi connectivity index (χ0) is 21.6. The van der Waals surface area contributed by atoms with Gasteiger partial charge in [-0.15, -0.1) is 0 Å². The molecule has 6 heteroatoms. The summed E-state index contributed by atoms with van der Waals surface area (Å²) >= 11 is 0. The molecule has 0 bridgehead atoms. The van der Waals surface area contributed by atoms with Gasteiger partial charge >= 0.3 is 0 Å². The van der Waals surface area contributed by atoms with Gasteiger partial charge in [-0.25, -0.2) is 5.48 Å². The van der Waals surface area contributed by atoms with Crippen molar-refractivity contribution in [1.29, 1.82) is 0 Å². The Hall–Kier alpha value is -2.86. The van der Waals surface area contributed by atoms with E-state index < -0.39 is 11.9 Å². The molecule has 2 aromatic rings. The highest BCUT2D eigenvalue weighted by molar-refractivity contribution is 5.87. The lowest BCUT2D eigenvalue weighted by molar-refractivity contribution is -0.144. The smallest absolute Gasteiger partial charge is 0.266 e. The van der Waals surface area contributed by atoms with Crippen molar-refractivity contribution in [2.45, 2.75) is 46.8 Å². The van der Waals surface area contributed by atoms with Crippen molar-refractivity contribution < 1.29 is 19.5 Å². The highest BCUT2D eigenvalue weighted by atomic mass is 16.5.